The van der Waals surface area contributed by atoms with E-state index in [0.29, 0.717) is 20.8 Å². The van der Waals surface area contributed by atoms with Crippen LogP contribution in [-0.2, 0) is 0 Å². The third kappa shape index (κ3) is 4.43. The van der Waals surface area contributed by atoms with Gasteiger partial charge in [-0.05, 0) is 45.9 Å². The van der Waals surface area contributed by atoms with Crippen molar-refractivity contribution in [1.29, 1.82) is 0 Å². The van der Waals surface area contributed by atoms with Crippen molar-refractivity contribution in [2.24, 2.45) is 0 Å². The lowest BCUT2D eigenvalue weighted by molar-refractivity contribution is -0.771. The van der Waals surface area contributed by atoms with E-state index in [1.165, 1.54) is 0 Å². The molecule has 1 heterocycles. The summed E-state index contributed by atoms with van der Waals surface area (Å²) in [5.41, 5.74) is 8.26. The van der Waals surface area contributed by atoms with Crippen molar-refractivity contribution in [2.45, 2.75) is 45.2 Å². The van der Waals surface area contributed by atoms with Gasteiger partial charge in [-0.15, -0.1) is 0 Å². The topological polar surface area (TPSA) is 40.7 Å². The molecule has 0 saturated carbocycles. The van der Waals surface area contributed by atoms with Gasteiger partial charge < -0.3 is 10.7 Å². The number of benzene rings is 1. The van der Waals surface area contributed by atoms with Crippen LogP contribution in [-0.4, -0.2) is 11.1 Å². The highest BCUT2D eigenvalue weighted by Crippen LogP contribution is 2.33. The van der Waals surface area contributed by atoms with Crippen molar-refractivity contribution < 1.29 is 5.32 Å². The summed E-state index contributed by atoms with van der Waals surface area (Å²) < 4.78 is 0. The normalized spacial score (nSPS) is 19.9. The van der Waals surface area contributed by atoms with Gasteiger partial charge in [0.2, 0.25) is 0 Å². The number of hydrogen-bond acceptors (Lipinski definition) is 2. The summed E-state index contributed by atoms with van der Waals surface area (Å²) >= 11 is 18.2. The molecule has 0 saturated heterocycles. The van der Waals surface area contributed by atoms with Crippen molar-refractivity contribution >= 4 is 40.5 Å². The molecule has 1 aromatic rings. The Morgan fingerprint density at radius 3 is 2.10 bits per heavy atom. The molecule has 1 aromatic carbocycles. The highest BCUT2D eigenvalue weighted by Gasteiger charge is 2.36. The monoisotopic (exact) mass is 348 g/mol. The van der Waals surface area contributed by atoms with Crippen LogP contribution < -0.4 is 16.2 Å². The molecule has 0 fully saturated rings. The second-order valence-electron chi connectivity index (χ2n) is 6.80. The third-order valence-electron chi connectivity index (χ3n) is 3.31. The van der Waals surface area contributed by atoms with Crippen molar-refractivity contribution in [2.75, 3.05) is 5.43 Å². The number of nitrogens with two attached hydrogens (primary N) is 1. The molecule has 1 aliphatic rings. The predicted molar refractivity (Wildman–Crippen MR) is 91.0 cm³/mol. The van der Waals surface area contributed by atoms with Crippen molar-refractivity contribution in [3.8, 4) is 0 Å². The van der Waals surface area contributed by atoms with E-state index in [4.69, 9.17) is 34.8 Å². The van der Waals surface area contributed by atoms with Crippen molar-refractivity contribution in [3.63, 3.8) is 0 Å². The highest BCUT2D eigenvalue weighted by molar-refractivity contribution is 6.41. The summed E-state index contributed by atoms with van der Waals surface area (Å²) in [4.78, 5) is 0. The van der Waals surface area contributed by atoms with Crippen LogP contribution in [0.5, 0.6) is 0 Å². The van der Waals surface area contributed by atoms with Gasteiger partial charge in [0.25, 0.3) is 0 Å². The van der Waals surface area contributed by atoms with Crippen LogP contribution in [0.4, 0.5) is 5.69 Å². The Morgan fingerprint density at radius 1 is 1.00 bits per heavy atom. The van der Waals surface area contributed by atoms with Gasteiger partial charge in [0.1, 0.15) is 5.54 Å². The predicted octanol–water partition coefficient (Wildman–Crippen LogP) is 3.97. The van der Waals surface area contributed by atoms with Gasteiger partial charge in [0.15, 0.2) is 0 Å². The molecule has 116 valence electrons. The maximum atomic E-state index is 6.17. The molecule has 6 heteroatoms. The minimum Gasteiger partial charge on any atom is -0.334 e. The number of hydrogen-bond donors (Lipinski definition) is 3. The summed E-state index contributed by atoms with van der Waals surface area (Å²) in [6.45, 7) is 8.84. The maximum absolute atomic E-state index is 6.17. The van der Waals surface area contributed by atoms with Crippen LogP contribution in [0.25, 0.3) is 0 Å². The van der Waals surface area contributed by atoms with Crippen molar-refractivity contribution in [3.05, 3.63) is 39.0 Å². The van der Waals surface area contributed by atoms with Gasteiger partial charge in [-0.2, -0.15) is 0 Å². The van der Waals surface area contributed by atoms with Crippen LogP contribution in [0.15, 0.2) is 23.9 Å². The fraction of sp³-hybridized carbons (Fsp3) is 0.467. The van der Waals surface area contributed by atoms with Crippen molar-refractivity contribution in [1.82, 2.24) is 5.43 Å². The minimum atomic E-state index is 0.0410. The number of quaternary nitrogens is 1. The van der Waals surface area contributed by atoms with Gasteiger partial charge in [-0.3, -0.25) is 5.43 Å². The first kappa shape index (κ1) is 16.8. The SMILES string of the molecule is CC1(C)C=C(NNc2c(Cl)cc(Cl)cc2Cl)CC(C)(C)[NH2+]1. The lowest BCUT2D eigenvalue weighted by Crippen LogP contribution is -3.04. The number of anilines is 1. The lowest BCUT2D eigenvalue weighted by atomic mass is 9.86. The Hall–Kier alpha value is -0.610. The van der Waals surface area contributed by atoms with E-state index in [2.05, 4.69) is 49.9 Å². The molecule has 0 unspecified atom stereocenters. The standard InChI is InChI=1S/C15H20Cl3N3/c1-14(2)7-10(8-15(3,4)21-14)19-20-13-11(17)5-9(16)6-12(13)18/h5-7,19-21H,8H2,1-4H3/p+1. The first-order chi connectivity index (χ1) is 9.58. The summed E-state index contributed by atoms with van der Waals surface area (Å²) in [5.74, 6) is 0. The molecule has 0 spiro atoms. The average Bonchev–Trinajstić information content (AvgIpc) is 2.22. The zero-order valence-corrected chi connectivity index (χ0v) is 14.9. The summed E-state index contributed by atoms with van der Waals surface area (Å²) in [6.07, 6.45) is 3.13. The van der Waals surface area contributed by atoms with Crippen LogP contribution in [0.3, 0.4) is 0 Å². The second kappa shape index (κ2) is 5.88. The van der Waals surface area contributed by atoms with Gasteiger partial charge in [0, 0.05) is 17.1 Å². The molecule has 2 rings (SSSR count). The summed E-state index contributed by atoms with van der Waals surface area (Å²) in [5, 5.41) is 3.86. The van der Waals surface area contributed by atoms with E-state index in [0.717, 1.165) is 12.1 Å². The molecule has 0 amide bonds. The molecule has 21 heavy (non-hydrogen) atoms. The maximum Gasteiger partial charge on any atom is 0.111 e. The Kier molecular flexibility index (Phi) is 4.69. The van der Waals surface area contributed by atoms with Crippen LogP contribution in [0.1, 0.15) is 34.1 Å². The van der Waals surface area contributed by atoms with E-state index in [-0.39, 0.29) is 11.1 Å². The lowest BCUT2D eigenvalue weighted by Gasteiger charge is -2.37. The second-order valence-corrected chi connectivity index (χ2v) is 8.05. The highest BCUT2D eigenvalue weighted by atomic mass is 35.5. The molecule has 3 nitrogen and oxygen atoms in total. The van der Waals surface area contributed by atoms with Crippen LogP contribution in [0, 0.1) is 0 Å². The van der Waals surface area contributed by atoms with E-state index in [1.54, 1.807) is 12.1 Å². The smallest absolute Gasteiger partial charge is 0.111 e. The molecule has 0 atom stereocenters. The number of rotatable bonds is 3. The van der Waals surface area contributed by atoms with Gasteiger partial charge in [-0.25, -0.2) is 0 Å². The molecule has 0 aromatic heterocycles. The fourth-order valence-electron chi connectivity index (χ4n) is 2.98. The molecule has 0 aliphatic carbocycles. The zero-order chi connectivity index (χ0) is 15.8. The Morgan fingerprint density at radius 2 is 1.57 bits per heavy atom. The summed E-state index contributed by atoms with van der Waals surface area (Å²) in [7, 11) is 0. The molecular weight excluding hydrogens is 329 g/mol. The minimum absolute atomic E-state index is 0.0410. The van der Waals surface area contributed by atoms with Gasteiger partial charge in [0.05, 0.1) is 21.3 Å². The Balaban J connectivity index is 2.15. The molecule has 1 aliphatic heterocycles. The molecule has 4 N–H and O–H groups in total. The third-order valence-corrected chi connectivity index (χ3v) is 4.12. The first-order valence-corrected chi connectivity index (χ1v) is 7.97. The van der Waals surface area contributed by atoms with Gasteiger partial charge in [-0.1, -0.05) is 34.8 Å². The number of halogens is 3. The number of nitrogens with one attached hydrogen (secondary N) is 2. The van der Waals surface area contributed by atoms with E-state index in [9.17, 15) is 0 Å². The van der Waals surface area contributed by atoms with Crippen LogP contribution in [0.2, 0.25) is 15.1 Å². The average molecular weight is 350 g/mol. The molecule has 0 radical (unpaired) electrons. The molecule has 0 bridgehead atoms. The summed E-state index contributed by atoms with van der Waals surface area (Å²) in [6, 6.07) is 3.33. The van der Waals surface area contributed by atoms with Gasteiger partial charge >= 0.3 is 0 Å². The number of hydrazine groups is 1. The quantitative estimate of drug-likeness (QED) is 0.723. The van der Waals surface area contributed by atoms with E-state index in [1.807, 2.05) is 0 Å². The largest absolute Gasteiger partial charge is 0.334 e. The first-order valence-electron chi connectivity index (χ1n) is 6.83. The Labute approximate surface area is 141 Å². The van der Waals surface area contributed by atoms with Crippen LogP contribution >= 0.6 is 34.8 Å². The Bertz CT molecular complexity index is 557. The zero-order valence-electron chi connectivity index (χ0n) is 12.7. The fourth-order valence-corrected chi connectivity index (χ4v) is 3.89. The van der Waals surface area contributed by atoms with E-state index >= 15 is 0 Å². The van der Waals surface area contributed by atoms with E-state index < -0.39 is 0 Å². The molecular formula is C15H21Cl3N3+.